The third-order valence-corrected chi connectivity index (χ3v) is 5.54. The summed E-state index contributed by atoms with van der Waals surface area (Å²) in [5, 5.41) is 8.97. The van der Waals surface area contributed by atoms with Crippen molar-refractivity contribution in [3.05, 3.63) is 53.8 Å². The SMILES string of the molecule is N#CCCN(C(=O)CN1CCCC1c1ccc2c(c1)OCCO2)c1ccccc1F. The maximum Gasteiger partial charge on any atom is 0.241 e. The first-order valence-electron chi connectivity index (χ1n) is 10.2. The fraction of sp³-hybridized carbons (Fsp3) is 0.391. The molecule has 30 heavy (non-hydrogen) atoms. The van der Waals surface area contributed by atoms with E-state index in [0.29, 0.717) is 13.2 Å². The Hall–Kier alpha value is -3.11. The highest BCUT2D eigenvalue weighted by Crippen LogP contribution is 2.38. The first-order valence-corrected chi connectivity index (χ1v) is 10.2. The third kappa shape index (κ3) is 4.24. The molecule has 2 heterocycles. The summed E-state index contributed by atoms with van der Waals surface area (Å²) in [5.41, 5.74) is 1.30. The summed E-state index contributed by atoms with van der Waals surface area (Å²) in [6, 6.07) is 14.2. The smallest absolute Gasteiger partial charge is 0.241 e. The summed E-state index contributed by atoms with van der Waals surface area (Å²) in [4.78, 5) is 16.6. The highest BCUT2D eigenvalue weighted by Gasteiger charge is 2.30. The molecule has 2 aromatic rings. The van der Waals surface area contributed by atoms with E-state index in [4.69, 9.17) is 14.7 Å². The topological polar surface area (TPSA) is 65.8 Å². The molecule has 0 N–H and O–H groups in total. The number of halogens is 1. The zero-order chi connectivity index (χ0) is 20.9. The van der Waals surface area contributed by atoms with E-state index in [1.165, 1.54) is 11.0 Å². The van der Waals surface area contributed by atoms with E-state index in [-0.39, 0.29) is 37.1 Å². The molecule has 7 heteroatoms. The lowest BCUT2D eigenvalue weighted by molar-refractivity contribution is -0.120. The average Bonchev–Trinajstić information content (AvgIpc) is 3.23. The van der Waals surface area contributed by atoms with E-state index < -0.39 is 5.82 Å². The molecule has 0 bridgehead atoms. The second kappa shape index (κ2) is 9.14. The molecule has 0 radical (unpaired) electrons. The predicted octanol–water partition coefficient (Wildman–Crippen LogP) is 3.68. The number of hydrogen-bond acceptors (Lipinski definition) is 5. The number of rotatable bonds is 6. The average molecular weight is 409 g/mol. The van der Waals surface area contributed by atoms with Crippen LogP contribution in [0.3, 0.4) is 0 Å². The fourth-order valence-corrected chi connectivity index (χ4v) is 4.13. The number of ether oxygens (including phenoxy) is 2. The molecule has 2 aliphatic rings. The lowest BCUT2D eigenvalue weighted by Crippen LogP contribution is -2.41. The Labute approximate surface area is 175 Å². The minimum Gasteiger partial charge on any atom is -0.486 e. The number of benzene rings is 2. The van der Waals surface area contributed by atoms with Crippen LogP contribution < -0.4 is 14.4 Å². The lowest BCUT2D eigenvalue weighted by atomic mass is 10.0. The lowest BCUT2D eigenvalue weighted by Gasteiger charge is -2.29. The zero-order valence-electron chi connectivity index (χ0n) is 16.7. The van der Waals surface area contributed by atoms with Gasteiger partial charge in [0.05, 0.1) is 24.7 Å². The molecule has 1 atom stereocenters. The molecule has 0 saturated carbocycles. The van der Waals surface area contributed by atoms with Crippen LogP contribution in [-0.4, -0.2) is 43.7 Å². The number of amides is 1. The number of fused-ring (bicyclic) bond motifs is 1. The molecule has 0 aliphatic carbocycles. The molecule has 2 aliphatic heterocycles. The van der Waals surface area contributed by atoms with Gasteiger partial charge in [-0.3, -0.25) is 9.69 Å². The summed E-state index contributed by atoms with van der Waals surface area (Å²) < 4.78 is 25.6. The van der Waals surface area contributed by atoms with Gasteiger partial charge in [-0.2, -0.15) is 5.26 Å². The van der Waals surface area contributed by atoms with Crippen LogP contribution in [0.1, 0.15) is 30.9 Å². The Kier molecular flexibility index (Phi) is 6.15. The number of hydrogen-bond donors (Lipinski definition) is 0. The van der Waals surface area contributed by atoms with Crippen LogP contribution in [0.25, 0.3) is 0 Å². The Bertz CT molecular complexity index is 959. The minimum absolute atomic E-state index is 0.0863. The molecule has 1 unspecified atom stereocenters. The van der Waals surface area contributed by atoms with Crippen LogP contribution in [0.15, 0.2) is 42.5 Å². The van der Waals surface area contributed by atoms with Crippen LogP contribution >= 0.6 is 0 Å². The molecule has 156 valence electrons. The summed E-state index contributed by atoms with van der Waals surface area (Å²) in [7, 11) is 0. The van der Waals surface area contributed by atoms with Crippen LogP contribution in [0.4, 0.5) is 10.1 Å². The van der Waals surface area contributed by atoms with E-state index >= 15 is 0 Å². The Balaban J connectivity index is 1.52. The normalized spacial score (nSPS) is 18.1. The van der Waals surface area contributed by atoms with Gasteiger partial charge in [0.2, 0.25) is 5.91 Å². The van der Waals surface area contributed by atoms with E-state index in [9.17, 15) is 9.18 Å². The van der Waals surface area contributed by atoms with E-state index in [0.717, 1.165) is 36.4 Å². The van der Waals surface area contributed by atoms with Crippen LogP contribution in [-0.2, 0) is 4.79 Å². The summed E-state index contributed by atoms with van der Waals surface area (Å²) in [5.74, 6) is 0.806. The number of para-hydroxylation sites is 1. The monoisotopic (exact) mass is 409 g/mol. The molecule has 2 aromatic carbocycles. The van der Waals surface area contributed by atoms with Gasteiger partial charge >= 0.3 is 0 Å². The van der Waals surface area contributed by atoms with Gasteiger partial charge in [0.25, 0.3) is 0 Å². The Morgan fingerprint density at radius 1 is 1.20 bits per heavy atom. The molecule has 1 saturated heterocycles. The number of anilines is 1. The maximum absolute atomic E-state index is 14.3. The molecule has 0 aromatic heterocycles. The first kappa shape index (κ1) is 20.2. The molecular formula is C23H24FN3O3. The largest absolute Gasteiger partial charge is 0.486 e. The summed E-state index contributed by atoms with van der Waals surface area (Å²) in [6.45, 7) is 2.19. The summed E-state index contributed by atoms with van der Waals surface area (Å²) in [6.07, 6.45) is 2.06. The van der Waals surface area contributed by atoms with Crippen LogP contribution in [0.2, 0.25) is 0 Å². The van der Waals surface area contributed by atoms with Crippen molar-refractivity contribution < 1.29 is 18.7 Å². The molecule has 1 fully saturated rings. The maximum atomic E-state index is 14.3. The van der Waals surface area contributed by atoms with E-state index in [1.54, 1.807) is 18.2 Å². The van der Waals surface area contributed by atoms with Crippen LogP contribution in [0, 0.1) is 17.1 Å². The zero-order valence-corrected chi connectivity index (χ0v) is 16.7. The van der Waals surface area contributed by atoms with Crippen molar-refractivity contribution in [2.24, 2.45) is 0 Å². The van der Waals surface area contributed by atoms with Gasteiger partial charge < -0.3 is 14.4 Å². The number of nitrogens with zero attached hydrogens (tertiary/aromatic N) is 3. The highest BCUT2D eigenvalue weighted by molar-refractivity contribution is 5.95. The van der Waals surface area contributed by atoms with Crippen molar-refractivity contribution in [3.8, 4) is 17.6 Å². The van der Waals surface area contributed by atoms with Crippen molar-refractivity contribution in [1.82, 2.24) is 4.90 Å². The van der Waals surface area contributed by atoms with Gasteiger partial charge in [-0.15, -0.1) is 0 Å². The Morgan fingerprint density at radius 3 is 2.80 bits per heavy atom. The minimum atomic E-state index is -0.464. The van der Waals surface area contributed by atoms with Crippen molar-refractivity contribution in [2.45, 2.75) is 25.3 Å². The second-order valence-corrected chi connectivity index (χ2v) is 7.44. The quantitative estimate of drug-likeness (QED) is 0.728. The number of nitriles is 1. The van der Waals surface area contributed by atoms with Crippen molar-refractivity contribution >= 4 is 11.6 Å². The fourth-order valence-electron chi connectivity index (χ4n) is 4.13. The van der Waals surface area contributed by atoms with Gasteiger partial charge in [-0.25, -0.2) is 4.39 Å². The van der Waals surface area contributed by atoms with Gasteiger partial charge in [0.15, 0.2) is 11.5 Å². The van der Waals surface area contributed by atoms with Gasteiger partial charge in [-0.05, 0) is 49.2 Å². The third-order valence-electron chi connectivity index (χ3n) is 5.54. The standard InChI is InChI=1S/C23H24FN3O3/c24-18-5-1-2-6-20(18)27(12-4-10-25)23(28)16-26-11-3-7-19(26)17-8-9-21-22(15-17)30-14-13-29-21/h1-2,5-6,8-9,15,19H,3-4,7,11-14,16H2. The van der Waals surface area contributed by atoms with E-state index in [1.807, 2.05) is 24.3 Å². The van der Waals surface area contributed by atoms with E-state index in [2.05, 4.69) is 4.90 Å². The van der Waals surface area contributed by atoms with Gasteiger partial charge in [0, 0.05) is 12.6 Å². The predicted molar refractivity (Wildman–Crippen MR) is 110 cm³/mol. The van der Waals surface area contributed by atoms with Crippen molar-refractivity contribution in [2.75, 3.05) is 37.7 Å². The van der Waals surface area contributed by atoms with Gasteiger partial charge in [-0.1, -0.05) is 18.2 Å². The summed E-state index contributed by atoms with van der Waals surface area (Å²) >= 11 is 0. The Morgan fingerprint density at radius 2 is 2.00 bits per heavy atom. The number of likely N-dealkylation sites (tertiary alicyclic amines) is 1. The molecule has 6 nitrogen and oxygen atoms in total. The van der Waals surface area contributed by atoms with Crippen LogP contribution in [0.5, 0.6) is 11.5 Å². The molecule has 1 amide bonds. The second-order valence-electron chi connectivity index (χ2n) is 7.44. The molecule has 0 spiro atoms. The van der Waals surface area contributed by atoms with Gasteiger partial charge in [0.1, 0.15) is 19.0 Å². The molecular weight excluding hydrogens is 385 g/mol. The number of carbonyl (C=O) groups is 1. The van der Waals surface area contributed by atoms with Crippen molar-refractivity contribution in [3.63, 3.8) is 0 Å². The first-order chi connectivity index (χ1) is 14.7. The molecule has 4 rings (SSSR count). The van der Waals surface area contributed by atoms with Crippen molar-refractivity contribution in [1.29, 1.82) is 5.26 Å². The highest BCUT2D eigenvalue weighted by atomic mass is 19.1. The number of carbonyl (C=O) groups excluding carboxylic acids is 1.